The minimum absolute atomic E-state index is 0. The Hall–Kier alpha value is -0.0600. The monoisotopic (exact) mass is 340 g/mol. The van der Waals surface area contributed by atoms with Gasteiger partial charge in [0.25, 0.3) is 0 Å². The van der Waals surface area contributed by atoms with Crippen LogP contribution in [0.3, 0.4) is 0 Å². The van der Waals surface area contributed by atoms with Crippen molar-refractivity contribution in [3.63, 3.8) is 0 Å². The van der Waals surface area contributed by atoms with Gasteiger partial charge in [0.1, 0.15) is 5.82 Å². The van der Waals surface area contributed by atoms with Gasteiger partial charge in [-0.25, -0.2) is 4.39 Å². The predicted octanol–water partition coefficient (Wildman–Crippen LogP) is 3.68. The van der Waals surface area contributed by atoms with E-state index in [0.717, 1.165) is 31.7 Å². The van der Waals surface area contributed by atoms with E-state index >= 15 is 0 Å². The molecule has 1 aliphatic heterocycles. The Kier molecular flexibility index (Phi) is 7.02. The molecular weight excluding hydrogens is 322 g/mol. The summed E-state index contributed by atoms with van der Waals surface area (Å²) in [6.45, 7) is 4.15. The summed E-state index contributed by atoms with van der Waals surface area (Å²) in [5.41, 5.74) is 1.08. The smallest absolute Gasteiger partial charge is 0.142 e. The van der Waals surface area contributed by atoms with Crippen LogP contribution < -0.4 is 5.32 Å². The average molecular weight is 342 g/mol. The molecule has 0 unspecified atom stereocenters. The van der Waals surface area contributed by atoms with Crippen LogP contribution >= 0.6 is 36.4 Å². The summed E-state index contributed by atoms with van der Waals surface area (Å²) < 4.78 is 13.6. The Balaban J connectivity index is 0.000001000. The molecule has 1 aromatic rings. The second kappa shape index (κ2) is 7.81. The van der Waals surface area contributed by atoms with Crippen LogP contribution in [0.5, 0.6) is 0 Å². The third kappa shape index (κ3) is 3.99. The van der Waals surface area contributed by atoms with E-state index in [2.05, 4.69) is 10.2 Å². The fourth-order valence-corrected chi connectivity index (χ4v) is 2.97. The summed E-state index contributed by atoms with van der Waals surface area (Å²) >= 11 is 5.77. The molecule has 1 aromatic carbocycles. The summed E-state index contributed by atoms with van der Waals surface area (Å²) in [4.78, 5) is 2.48. The van der Waals surface area contributed by atoms with Crippen LogP contribution in [0.1, 0.15) is 24.4 Å². The van der Waals surface area contributed by atoms with Crippen molar-refractivity contribution in [1.82, 2.24) is 10.2 Å². The molecule has 0 amide bonds. The third-order valence-electron chi connectivity index (χ3n) is 3.90. The highest BCUT2D eigenvalue weighted by molar-refractivity contribution is 6.30. The molecule has 3 rings (SSSR count). The predicted molar refractivity (Wildman–Crippen MR) is 85.8 cm³/mol. The minimum atomic E-state index is -0.296. The molecule has 1 aliphatic carbocycles. The van der Waals surface area contributed by atoms with E-state index in [1.165, 1.54) is 12.8 Å². The van der Waals surface area contributed by atoms with Crippen molar-refractivity contribution < 1.29 is 4.39 Å². The van der Waals surface area contributed by atoms with Crippen molar-refractivity contribution >= 4 is 36.4 Å². The molecule has 0 bridgehead atoms. The van der Waals surface area contributed by atoms with Crippen LogP contribution in [0.25, 0.3) is 0 Å². The highest BCUT2D eigenvalue weighted by Crippen LogP contribution is 2.45. The topological polar surface area (TPSA) is 15.3 Å². The maximum Gasteiger partial charge on any atom is 0.142 e. The van der Waals surface area contributed by atoms with E-state index in [1.807, 2.05) is 6.07 Å². The second-order valence-corrected chi connectivity index (χ2v) is 5.65. The van der Waals surface area contributed by atoms with Gasteiger partial charge in [0.15, 0.2) is 0 Å². The molecular formula is C14H20Cl3FN2. The van der Waals surface area contributed by atoms with Crippen LogP contribution in [0.2, 0.25) is 5.02 Å². The van der Waals surface area contributed by atoms with Crippen LogP contribution in [0.15, 0.2) is 18.2 Å². The fraction of sp³-hybridized carbons (Fsp3) is 0.571. The molecule has 0 radical (unpaired) electrons. The zero-order chi connectivity index (χ0) is 12.5. The first-order valence-electron chi connectivity index (χ1n) is 6.65. The highest BCUT2D eigenvalue weighted by atomic mass is 35.5. The second-order valence-electron chi connectivity index (χ2n) is 5.24. The van der Waals surface area contributed by atoms with E-state index in [1.54, 1.807) is 12.1 Å². The van der Waals surface area contributed by atoms with Gasteiger partial charge in [0.2, 0.25) is 0 Å². The van der Waals surface area contributed by atoms with Crippen LogP contribution in [-0.4, -0.2) is 31.1 Å². The standard InChI is InChI=1S/C14H18ClFN2.2ClH/c15-12-4-3-11(9-13(12)16)14(10-1-2-10)18-7-5-17-6-8-18;;/h3-4,9-10,14,17H,1-2,5-8H2;2*1H/t14-;;/m0../s1. The van der Waals surface area contributed by atoms with Crippen LogP contribution in [0.4, 0.5) is 4.39 Å². The summed E-state index contributed by atoms with van der Waals surface area (Å²) in [6.07, 6.45) is 2.53. The lowest BCUT2D eigenvalue weighted by molar-refractivity contribution is 0.156. The zero-order valence-corrected chi connectivity index (χ0v) is 13.5. The number of nitrogens with zero attached hydrogens (tertiary/aromatic N) is 1. The normalized spacial score (nSPS) is 20.7. The maximum absolute atomic E-state index is 13.6. The molecule has 114 valence electrons. The van der Waals surface area contributed by atoms with Crippen molar-refractivity contribution in [2.24, 2.45) is 5.92 Å². The Morgan fingerprint density at radius 1 is 1.20 bits per heavy atom. The van der Waals surface area contributed by atoms with Crippen molar-refractivity contribution in [2.75, 3.05) is 26.2 Å². The summed E-state index contributed by atoms with van der Waals surface area (Å²) in [7, 11) is 0. The first-order valence-corrected chi connectivity index (χ1v) is 7.03. The minimum Gasteiger partial charge on any atom is -0.314 e. The van der Waals surface area contributed by atoms with E-state index in [0.29, 0.717) is 12.0 Å². The SMILES string of the molecule is Cl.Cl.Fc1cc([C@H](C2CC2)N2CCNCC2)ccc1Cl. The van der Waals surface area contributed by atoms with Gasteiger partial charge in [-0.2, -0.15) is 0 Å². The molecule has 0 aromatic heterocycles. The maximum atomic E-state index is 13.6. The van der Waals surface area contributed by atoms with Crippen LogP contribution in [-0.2, 0) is 0 Å². The van der Waals surface area contributed by atoms with Gasteiger partial charge in [0.05, 0.1) is 5.02 Å². The lowest BCUT2D eigenvalue weighted by Crippen LogP contribution is -2.45. The third-order valence-corrected chi connectivity index (χ3v) is 4.21. The number of benzene rings is 1. The average Bonchev–Trinajstić information content (AvgIpc) is 3.20. The molecule has 0 spiro atoms. The van der Waals surface area contributed by atoms with Gasteiger partial charge in [-0.15, -0.1) is 24.8 Å². The molecule has 2 fully saturated rings. The zero-order valence-electron chi connectivity index (χ0n) is 11.1. The summed E-state index contributed by atoms with van der Waals surface area (Å²) in [5, 5.41) is 3.58. The molecule has 1 N–H and O–H groups in total. The summed E-state index contributed by atoms with van der Waals surface area (Å²) in [6, 6.07) is 5.66. The van der Waals surface area contributed by atoms with E-state index in [9.17, 15) is 4.39 Å². The van der Waals surface area contributed by atoms with Crippen molar-refractivity contribution in [2.45, 2.75) is 18.9 Å². The Bertz CT molecular complexity index is 434. The molecule has 20 heavy (non-hydrogen) atoms. The number of halogens is 4. The highest BCUT2D eigenvalue weighted by Gasteiger charge is 2.36. The van der Waals surface area contributed by atoms with E-state index in [4.69, 9.17) is 11.6 Å². The van der Waals surface area contributed by atoms with Gasteiger partial charge in [-0.05, 0) is 36.5 Å². The number of hydrogen-bond donors (Lipinski definition) is 1. The quantitative estimate of drug-likeness (QED) is 0.902. The van der Waals surface area contributed by atoms with Crippen molar-refractivity contribution in [1.29, 1.82) is 0 Å². The Morgan fingerprint density at radius 2 is 1.85 bits per heavy atom. The molecule has 2 nitrogen and oxygen atoms in total. The lowest BCUT2D eigenvalue weighted by atomic mass is 9.99. The number of nitrogens with one attached hydrogen (secondary N) is 1. The lowest BCUT2D eigenvalue weighted by Gasteiger charge is -2.35. The van der Waals surface area contributed by atoms with Gasteiger partial charge in [0, 0.05) is 32.2 Å². The molecule has 1 heterocycles. The summed E-state index contributed by atoms with van der Waals surface area (Å²) in [5.74, 6) is 0.402. The number of hydrogen-bond acceptors (Lipinski definition) is 2. The number of piperazine rings is 1. The van der Waals surface area contributed by atoms with Gasteiger partial charge in [-0.1, -0.05) is 17.7 Å². The largest absolute Gasteiger partial charge is 0.314 e. The van der Waals surface area contributed by atoms with E-state index in [-0.39, 0.29) is 35.7 Å². The van der Waals surface area contributed by atoms with Crippen molar-refractivity contribution in [3.05, 3.63) is 34.6 Å². The van der Waals surface area contributed by atoms with Crippen molar-refractivity contribution in [3.8, 4) is 0 Å². The molecule has 1 atom stereocenters. The molecule has 2 aliphatic rings. The van der Waals surface area contributed by atoms with Gasteiger partial charge >= 0.3 is 0 Å². The molecule has 6 heteroatoms. The van der Waals surface area contributed by atoms with E-state index < -0.39 is 0 Å². The van der Waals surface area contributed by atoms with Gasteiger partial charge in [-0.3, -0.25) is 4.90 Å². The Morgan fingerprint density at radius 3 is 2.40 bits per heavy atom. The molecule has 1 saturated heterocycles. The number of rotatable bonds is 3. The van der Waals surface area contributed by atoms with Gasteiger partial charge < -0.3 is 5.32 Å². The Labute approximate surface area is 136 Å². The molecule has 1 saturated carbocycles. The first-order chi connectivity index (χ1) is 8.75. The fourth-order valence-electron chi connectivity index (χ4n) is 2.85. The van der Waals surface area contributed by atoms with Crippen LogP contribution in [0, 0.1) is 11.7 Å². The first kappa shape index (κ1) is 18.0.